The number of aromatic nitrogens is 2. The van der Waals surface area contributed by atoms with E-state index in [9.17, 15) is 4.39 Å². The number of nitrogens with one attached hydrogen (secondary N) is 1. The van der Waals surface area contributed by atoms with Gasteiger partial charge in [0.05, 0.1) is 5.69 Å². The van der Waals surface area contributed by atoms with Crippen molar-refractivity contribution < 1.29 is 4.39 Å². The Balaban J connectivity index is 2.74. The second-order valence-electron chi connectivity index (χ2n) is 3.17. The van der Waals surface area contributed by atoms with Crippen LogP contribution in [0.2, 0.25) is 0 Å². The van der Waals surface area contributed by atoms with Crippen molar-refractivity contribution in [3.63, 3.8) is 0 Å². The van der Waals surface area contributed by atoms with Crippen LogP contribution in [0.5, 0.6) is 0 Å². The summed E-state index contributed by atoms with van der Waals surface area (Å²) < 4.78 is 16.6. The lowest BCUT2D eigenvalue weighted by molar-refractivity contribution is 0.616. The van der Waals surface area contributed by atoms with Gasteiger partial charge in [0.1, 0.15) is 5.82 Å². The van der Waals surface area contributed by atoms with Crippen LogP contribution in [0, 0.1) is 17.5 Å². The highest BCUT2D eigenvalue weighted by molar-refractivity contribution is 9.10. The van der Waals surface area contributed by atoms with Gasteiger partial charge in [0.25, 0.3) is 0 Å². The number of nitrogens with zero attached hydrogens (tertiary/aromatic N) is 1. The summed E-state index contributed by atoms with van der Waals surface area (Å²) in [6, 6.07) is 4.77. The Bertz CT molecular complexity index is 559. The van der Waals surface area contributed by atoms with Crippen molar-refractivity contribution in [3.8, 4) is 5.69 Å². The van der Waals surface area contributed by atoms with Crippen LogP contribution in [-0.2, 0) is 0 Å². The topological polar surface area (TPSA) is 20.7 Å². The van der Waals surface area contributed by atoms with Crippen LogP contribution >= 0.6 is 28.1 Å². The molecule has 5 heteroatoms. The standard InChI is InChI=1S/C10H8BrFN2S/c1-6-5-13-10(15)14(6)9-4-7(11)2-3-8(9)12/h2-5H,1H3,(H,13,15). The van der Waals surface area contributed by atoms with E-state index in [-0.39, 0.29) is 5.82 Å². The second-order valence-corrected chi connectivity index (χ2v) is 4.47. The first kappa shape index (κ1) is 10.6. The highest BCUT2D eigenvalue weighted by Gasteiger charge is 2.08. The van der Waals surface area contributed by atoms with E-state index in [1.54, 1.807) is 22.9 Å². The smallest absolute Gasteiger partial charge is 0.182 e. The van der Waals surface area contributed by atoms with Crippen molar-refractivity contribution in [1.29, 1.82) is 0 Å². The molecule has 78 valence electrons. The van der Waals surface area contributed by atoms with Crippen LogP contribution in [0.4, 0.5) is 4.39 Å². The van der Waals surface area contributed by atoms with E-state index in [1.807, 2.05) is 6.92 Å². The first-order valence-corrected chi connectivity index (χ1v) is 5.52. The molecule has 1 N–H and O–H groups in total. The molecule has 2 rings (SSSR count). The van der Waals surface area contributed by atoms with Crippen molar-refractivity contribution in [2.75, 3.05) is 0 Å². The zero-order chi connectivity index (χ0) is 11.0. The first-order chi connectivity index (χ1) is 7.09. The van der Waals surface area contributed by atoms with Gasteiger partial charge in [-0.2, -0.15) is 0 Å². The number of imidazole rings is 1. The van der Waals surface area contributed by atoms with Crippen LogP contribution in [0.25, 0.3) is 5.69 Å². The fraction of sp³-hybridized carbons (Fsp3) is 0.100. The Kier molecular flexibility index (Phi) is 2.75. The van der Waals surface area contributed by atoms with Crippen LogP contribution in [0.15, 0.2) is 28.9 Å². The molecule has 0 fully saturated rings. The molecule has 0 radical (unpaired) electrons. The van der Waals surface area contributed by atoms with E-state index in [2.05, 4.69) is 20.9 Å². The predicted octanol–water partition coefficient (Wildman–Crippen LogP) is 3.74. The third kappa shape index (κ3) is 1.89. The highest BCUT2D eigenvalue weighted by atomic mass is 79.9. The second kappa shape index (κ2) is 3.90. The van der Waals surface area contributed by atoms with Crippen molar-refractivity contribution in [1.82, 2.24) is 9.55 Å². The van der Waals surface area contributed by atoms with E-state index >= 15 is 0 Å². The van der Waals surface area contributed by atoms with E-state index in [4.69, 9.17) is 12.2 Å². The Morgan fingerprint density at radius 1 is 1.47 bits per heavy atom. The molecule has 0 amide bonds. The van der Waals surface area contributed by atoms with Crippen molar-refractivity contribution in [2.45, 2.75) is 6.92 Å². The summed E-state index contributed by atoms with van der Waals surface area (Å²) in [5, 5.41) is 0. The molecule has 1 aromatic heterocycles. The zero-order valence-corrected chi connectivity index (χ0v) is 10.3. The Hall–Kier alpha value is -0.940. The van der Waals surface area contributed by atoms with Gasteiger partial charge >= 0.3 is 0 Å². The van der Waals surface area contributed by atoms with Gasteiger partial charge in [-0.3, -0.25) is 4.57 Å². The summed E-state index contributed by atoms with van der Waals surface area (Å²) >= 11 is 8.39. The van der Waals surface area contributed by atoms with Gasteiger partial charge in [0, 0.05) is 16.4 Å². The maximum atomic E-state index is 13.6. The maximum absolute atomic E-state index is 13.6. The quantitative estimate of drug-likeness (QED) is 0.792. The van der Waals surface area contributed by atoms with Gasteiger partial charge < -0.3 is 4.98 Å². The molecule has 0 unspecified atom stereocenters. The Morgan fingerprint density at radius 2 is 2.20 bits per heavy atom. The number of aromatic amines is 1. The summed E-state index contributed by atoms with van der Waals surface area (Å²) in [5.74, 6) is -0.294. The minimum absolute atomic E-state index is 0.294. The number of benzene rings is 1. The molecule has 0 bridgehead atoms. The van der Waals surface area contributed by atoms with Crippen LogP contribution in [0.3, 0.4) is 0 Å². The van der Waals surface area contributed by atoms with Crippen molar-refractivity contribution >= 4 is 28.1 Å². The van der Waals surface area contributed by atoms with Gasteiger partial charge in [-0.25, -0.2) is 4.39 Å². The summed E-state index contributed by atoms with van der Waals surface area (Å²) in [4.78, 5) is 2.88. The summed E-state index contributed by atoms with van der Waals surface area (Å²) in [6.45, 7) is 1.87. The largest absolute Gasteiger partial charge is 0.337 e. The van der Waals surface area contributed by atoms with Gasteiger partial charge in [-0.15, -0.1) is 0 Å². The van der Waals surface area contributed by atoms with Crippen molar-refractivity contribution in [3.05, 3.63) is 45.2 Å². The summed E-state index contributed by atoms with van der Waals surface area (Å²) in [5.41, 5.74) is 1.32. The van der Waals surface area contributed by atoms with E-state index in [1.165, 1.54) is 6.07 Å². The van der Waals surface area contributed by atoms with E-state index in [0.29, 0.717) is 10.5 Å². The lowest BCUT2D eigenvalue weighted by Gasteiger charge is -2.06. The minimum Gasteiger partial charge on any atom is -0.337 e. The Morgan fingerprint density at radius 3 is 2.80 bits per heavy atom. The third-order valence-electron chi connectivity index (χ3n) is 2.11. The molecule has 0 saturated heterocycles. The highest BCUT2D eigenvalue weighted by Crippen LogP contribution is 2.20. The van der Waals surface area contributed by atoms with Gasteiger partial charge in [-0.1, -0.05) is 15.9 Å². The molecular weight excluding hydrogens is 279 g/mol. The fourth-order valence-electron chi connectivity index (χ4n) is 1.41. The van der Waals surface area contributed by atoms with Gasteiger partial charge in [-0.05, 0) is 37.3 Å². The SMILES string of the molecule is Cc1c[nH]c(=S)n1-c1cc(Br)ccc1F. The summed E-state index contributed by atoms with van der Waals surface area (Å²) in [6.07, 6.45) is 1.75. The monoisotopic (exact) mass is 286 g/mol. The maximum Gasteiger partial charge on any atom is 0.182 e. The molecule has 0 aliphatic rings. The molecule has 0 aliphatic heterocycles. The zero-order valence-electron chi connectivity index (χ0n) is 7.92. The third-order valence-corrected chi connectivity index (χ3v) is 2.90. The van der Waals surface area contributed by atoms with E-state index < -0.39 is 0 Å². The molecule has 0 spiro atoms. The number of H-pyrrole nitrogens is 1. The molecule has 0 atom stereocenters. The van der Waals surface area contributed by atoms with Crippen LogP contribution < -0.4 is 0 Å². The van der Waals surface area contributed by atoms with Crippen LogP contribution in [-0.4, -0.2) is 9.55 Å². The average molecular weight is 287 g/mol. The average Bonchev–Trinajstić information content (AvgIpc) is 2.51. The molecule has 0 aliphatic carbocycles. The van der Waals surface area contributed by atoms with Gasteiger partial charge in [0.2, 0.25) is 0 Å². The molecular formula is C10H8BrFN2S. The van der Waals surface area contributed by atoms with Crippen molar-refractivity contribution in [2.24, 2.45) is 0 Å². The predicted molar refractivity (Wildman–Crippen MR) is 63.3 cm³/mol. The fourth-order valence-corrected chi connectivity index (χ4v) is 2.06. The molecule has 1 aromatic carbocycles. The number of aryl methyl sites for hydroxylation is 1. The normalized spacial score (nSPS) is 10.6. The Labute approximate surface area is 99.9 Å². The van der Waals surface area contributed by atoms with E-state index in [0.717, 1.165) is 10.2 Å². The molecule has 2 aromatic rings. The number of hydrogen-bond donors (Lipinski definition) is 1. The summed E-state index contributed by atoms with van der Waals surface area (Å²) in [7, 11) is 0. The lowest BCUT2D eigenvalue weighted by Crippen LogP contribution is -1.99. The molecule has 1 heterocycles. The number of hydrogen-bond acceptors (Lipinski definition) is 1. The number of halogens is 2. The molecule has 0 saturated carbocycles. The molecule has 15 heavy (non-hydrogen) atoms. The molecule has 2 nitrogen and oxygen atoms in total. The number of rotatable bonds is 1. The minimum atomic E-state index is -0.294. The first-order valence-electron chi connectivity index (χ1n) is 4.32. The van der Waals surface area contributed by atoms with Crippen LogP contribution in [0.1, 0.15) is 5.69 Å². The van der Waals surface area contributed by atoms with Gasteiger partial charge in [0.15, 0.2) is 4.77 Å². The lowest BCUT2D eigenvalue weighted by atomic mass is 10.3.